The Morgan fingerprint density at radius 3 is 2.23 bits per heavy atom. The van der Waals surface area contributed by atoms with Gasteiger partial charge >= 0.3 is 0 Å². The van der Waals surface area contributed by atoms with Crippen LogP contribution in [0.2, 0.25) is 0 Å². The van der Waals surface area contributed by atoms with E-state index in [1.54, 1.807) is 0 Å². The quantitative estimate of drug-likeness (QED) is 0.236. The molecule has 0 amide bonds. The third kappa shape index (κ3) is 5.99. The summed E-state index contributed by atoms with van der Waals surface area (Å²) in [6, 6.07) is 15.7. The number of hydrogen-bond acceptors (Lipinski definition) is 3. The van der Waals surface area contributed by atoms with Crippen molar-refractivity contribution >= 4 is 5.71 Å². The van der Waals surface area contributed by atoms with Crippen molar-refractivity contribution in [2.24, 2.45) is 5.16 Å². The van der Waals surface area contributed by atoms with Crippen molar-refractivity contribution in [1.29, 1.82) is 0 Å². The van der Waals surface area contributed by atoms with Crippen molar-refractivity contribution in [1.82, 2.24) is 0 Å². The molecule has 0 saturated carbocycles. The zero-order valence-corrected chi connectivity index (χ0v) is 15.8. The van der Waals surface area contributed by atoms with Crippen LogP contribution in [0.4, 0.5) is 0 Å². The van der Waals surface area contributed by atoms with Gasteiger partial charge in [0.2, 0.25) is 0 Å². The number of hydrogen-bond donors (Lipinski definition) is 2. The molecule has 2 aromatic rings. The van der Waals surface area contributed by atoms with Gasteiger partial charge < -0.3 is 10.3 Å². The molecule has 3 nitrogen and oxygen atoms in total. The van der Waals surface area contributed by atoms with E-state index in [2.05, 4.69) is 24.2 Å². The Morgan fingerprint density at radius 2 is 1.58 bits per heavy atom. The standard InChI is InChI=1S/C23H31NO2/c1-2-3-4-5-6-7-9-12-19-15-16-21(18-25)22(17-19)23(24-26)20-13-10-8-11-14-20/h8,10-11,13-17,25-26H,2-7,9,12,18H2,1H3. The average Bonchev–Trinajstić information content (AvgIpc) is 2.69. The molecule has 0 fully saturated rings. The Labute approximate surface area is 157 Å². The molecule has 2 aromatic carbocycles. The maximum atomic E-state index is 9.68. The molecule has 0 aliphatic carbocycles. The number of rotatable bonds is 11. The van der Waals surface area contributed by atoms with Crippen LogP contribution in [-0.4, -0.2) is 16.0 Å². The number of nitrogens with zero attached hydrogens (tertiary/aromatic N) is 1. The van der Waals surface area contributed by atoms with E-state index >= 15 is 0 Å². The fourth-order valence-electron chi connectivity index (χ4n) is 3.29. The molecule has 0 saturated heterocycles. The predicted octanol–water partition coefficient (Wildman–Crippen LogP) is 5.70. The minimum atomic E-state index is -0.0705. The maximum Gasteiger partial charge on any atom is 0.117 e. The summed E-state index contributed by atoms with van der Waals surface area (Å²) in [5, 5.41) is 22.8. The molecule has 3 heteroatoms. The zero-order valence-electron chi connectivity index (χ0n) is 15.8. The maximum absolute atomic E-state index is 9.68. The van der Waals surface area contributed by atoms with Crippen molar-refractivity contribution in [3.8, 4) is 0 Å². The monoisotopic (exact) mass is 353 g/mol. The smallest absolute Gasteiger partial charge is 0.117 e. The Hall–Kier alpha value is -2.13. The molecule has 0 bridgehead atoms. The largest absolute Gasteiger partial charge is 0.410 e. The number of aliphatic hydroxyl groups excluding tert-OH is 1. The highest BCUT2D eigenvalue weighted by molar-refractivity contribution is 6.13. The number of benzene rings is 2. The SMILES string of the molecule is CCCCCCCCCc1ccc(CO)c(C(=NO)c2ccccc2)c1. The lowest BCUT2D eigenvalue weighted by atomic mass is 9.94. The van der Waals surface area contributed by atoms with E-state index in [0.29, 0.717) is 5.71 Å². The lowest BCUT2D eigenvalue weighted by Crippen LogP contribution is -2.08. The van der Waals surface area contributed by atoms with Gasteiger partial charge in [-0.05, 0) is 30.0 Å². The summed E-state index contributed by atoms with van der Waals surface area (Å²) in [4.78, 5) is 0. The fourth-order valence-corrected chi connectivity index (χ4v) is 3.29. The Bertz CT molecular complexity index is 680. The molecule has 0 atom stereocenters. The van der Waals surface area contributed by atoms with Gasteiger partial charge in [-0.3, -0.25) is 0 Å². The van der Waals surface area contributed by atoms with E-state index in [0.717, 1.165) is 23.1 Å². The lowest BCUT2D eigenvalue weighted by molar-refractivity contribution is 0.281. The lowest BCUT2D eigenvalue weighted by Gasteiger charge is -2.12. The molecule has 2 N–H and O–H groups in total. The molecular weight excluding hydrogens is 322 g/mol. The van der Waals surface area contributed by atoms with Gasteiger partial charge in [0.1, 0.15) is 5.71 Å². The molecule has 0 aromatic heterocycles. The Balaban J connectivity index is 2.04. The van der Waals surface area contributed by atoms with Crippen LogP contribution < -0.4 is 0 Å². The van der Waals surface area contributed by atoms with Crippen LogP contribution in [0.15, 0.2) is 53.7 Å². The number of oxime groups is 1. The van der Waals surface area contributed by atoms with Gasteiger partial charge in [0.05, 0.1) is 6.61 Å². The first-order chi connectivity index (χ1) is 12.8. The van der Waals surface area contributed by atoms with Crippen LogP contribution in [0, 0.1) is 0 Å². The minimum Gasteiger partial charge on any atom is -0.410 e. The van der Waals surface area contributed by atoms with Gasteiger partial charge in [-0.25, -0.2) is 0 Å². The van der Waals surface area contributed by atoms with E-state index in [9.17, 15) is 10.3 Å². The average molecular weight is 354 g/mol. The van der Waals surface area contributed by atoms with Gasteiger partial charge in [-0.15, -0.1) is 0 Å². The Kier molecular flexibility index (Phi) is 8.91. The summed E-state index contributed by atoms with van der Waals surface area (Å²) in [6.45, 7) is 2.17. The molecule has 140 valence electrons. The number of aryl methyl sites for hydroxylation is 1. The van der Waals surface area contributed by atoms with Crippen molar-refractivity contribution in [3.05, 3.63) is 70.8 Å². The second kappa shape index (κ2) is 11.5. The number of unbranched alkanes of at least 4 members (excludes halogenated alkanes) is 6. The molecule has 26 heavy (non-hydrogen) atoms. The molecular formula is C23H31NO2. The van der Waals surface area contributed by atoms with E-state index in [-0.39, 0.29) is 6.61 Å². The number of aliphatic hydroxyl groups is 1. The molecule has 0 unspecified atom stereocenters. The topological polar surface area (TPSA) is 52.8 Å². The highest BCUT2D eigenvalue weighted by Crippen LogP contribution is 2.20. The molecule has 0 heterocycles. The summed E-state index contributed by atoms with van der Waals surface area (Å²) in [5.41, 5.74) is 4.17. The van der Waals surface area contributed by atoms with Gasteiger partial charge in [0.25, 0.3) is 0 Å². The van der Waals surface area contributed by atoms with E-state index in [1.807, 2.05) is 36.4 Å². The van der Waals surface area contributed by atoms with E-state index < -0.39 is 0 Å². The van der Waals surface area contributed by atoms with Crippen LogP contribution in [0.1, 0.15) is 74.1 Å². The molecule has 2 rings (SSSR count). The summed E-state index contributed by atoms with van der Waals surface area (Å²) in [6.07, 6.45) is 10.0. The van der Waals surface area contributed by atoms with Gasteiger partial charge in [-0.1, -0.05) is 93.1 Å². The zero-order chi connectivity index (χ0) is 18.6. The summed E-state index contributed by atoms with van der Waals surface area (Å²) < 4.78 is 0. The van der Waals surface area contributed by atoms with Gasteiger partial charge in [0.15, 0.2) is 0 Å². The fraction of sp³-hybridized carbons (Fsp3) is 0.435. The van der Waals surface area contributed by atoms with Crippen LogP contribution in [0.25, 0.3) is 0 Å². The predicted molar refractivity (Wildman–Crippen MR) is 108 cm³/mol. The third-order valence-corrected chi connectivity index (χ3v) is 4.82. The van der Waals surface area contributed by atoms with Crippen molar-refractivity contribution < 1.29 is 10.3 Å². The van der Waals surface area contributed by atoms with E-state index in [4.69, 9.17) is 0 Å². The van der Waals surface area contributed by atoms with Crippen LogP contribution in [-0.2, 0) is 13.0 Å². The molecule has 0 aliphatic rings. The van der Waals surface area contributed by atoms with Crippen LogP contribution in [0.5, 0.6) is 0 Å². The van der Waals surface area contributed by atoms with Gasteiger partial charge in [-0.2, -0.15) is 0 Å². The van der Waals surface area contributed by atoms with Crippen molar-refractivity contribution in [3.63, 3.8) is 0 Å². The van der Waals surface area contributed by atoms with E-state index in [1.165, 1.54) is 50.5 Å². The van der Waals surface area contributed by atoms with Gasteiger partial charge in [0, 0.05) is 11.1 Å². The van der Waals surface area contributed by atoms with Crippen molar-refractivity contribution in [2.45, 2.75) is 64.9 Å². The summed E-state index contributed by atoms with van der Waals surface area (Å²) in [7, 11) is 0. The highest BCUT2D eigenvalue weighted by atomic mass is 16.4. The molecule has 0 aliphatic heterocycles. The second-order valence-corrected chi connectivity index (χ2v) is 6.84. The van der Waals surface area contributed by atoms with Crippen molar-refractivity contribution in [2.75, 3.05) is 0 Å². The summed E-state index contributed by atoms with van der Waals surface area (Å²) in [5.74, 6) is 0. The second-order valence-electron chi connectivity index (χ2n) is 6.84. The first kappa shape index (κ1) is 20.2. The Morgan fingerprint density at radius 1 is 0.885 bits per heavy atom. The normalized spacial score (nSPS) is 11.7. The van der Waals surface area contributed by atoms with Crippen LogP contribution >= 0.6 is 0 Å². The third-order valence-electron chi connectivity index (χ3n) is 4.82. The summed E-state index contributed by atoms with van der Waals surface area (Å²) >= 11 is 0. The highest BCUT2D eigenvalue weighted by Gasteiger charge is 2.13. The molecule has 0 spiro atoms. The first-order valence-corrected chi connectivity index (χ1v) is 9.80. The first-order valence-electron chi connectivity index (χ1n) is 9.80. The van der Waals surface area contributed by atoms with Crippen LogP contribution in [0.3, 0.4) is 0 Å². The molecule has 0 radical (unpaired) electrons. The minimum absolute atomic E-state index is 0.0705.